The number of nitrogens with zero attached hydrogens (tertiary/aromatic N) is 3. The molecule has 0 radical (unpaired) electrons. The number of fused-ring (bicyclic) bond motifs is 2. The first-order valence-electron chi connectivity index (χ1n) is 13.1. The number of carbonyl (C=O) groups is 2. The summed E-state index contributed by atoms with van der Waals surface area (Å²) in [6.07, 6.45) is 5.24. The number of hydrogen-bond donors (Lipinski definition) is 2. The molecule has 3 aliphatic heterocycles. The van der Waals surface area contributed by atoms with Crippen LogP contribution in [0, 0.1) is 5.92 Å². The van der Waals surface area contributed by atoms with E-state index in [4.69, 9.17) is 22.1 Å². The van der Waals surface area contributed by atoms with Gasteiger partial charge in [0.15, 0.2) is 11.5 Å². The standard InChI is InChI=1S/C28H30ClN5O4/c29-18-3-4-23-22(13-18)34-16-21(28(37)31-7-12-32-8-1-2-9-32)26(35)20-14-19(15-24(38-23)25(20)34)33-10-5-17(6-11-33)27(30)36/h3-4,13-17H,1-2,5-12H2,(H2,30,36)(H,31,37). The lowest BCUT2D eigenvalue weighted by atomic mass is 9.95. The molecule has 0 aliphatic carbocycles. The zero-order valence-corrected chi connectivity index (χ0v) is 21.8. The number of anilines is 1. The van der Waals surface area contributed by atoms with Crippen molar-refractivity contribution in [2.24, 2.45) is 11.7 Å². The molecule has 38 heavy (non-hydrogen) atoms. The van der Waals surface area contributed by atoms with E-state index in [1.54, 1.807) is 24.4 Å². The average molecular weight is 536 g/mol. The summed E-state index contributed by atoms with van der Waals surface area (Å²) in [7, 11) is 0. The van der Waals surface area contributed by atoms with Crippen LogP contribution in [0.5, 0.6) is 11.5 Å². The van der Waals surface area contributed by atoms with Gasteiger partial charge < -0.3 is 30.2 Å². The molecule has 0 saturated carbocycles. The van der Waals surface area contributed by atoms with Gasteiger partial charge in [-0.3, -0.25) is 14.4 Å². The van der Waals surface area contributed by atoms with Gasteiger partial charge in [-0.15, -0.1) is 0 Å². The summed E-state index contributed by atoms with van der Waals surface area (Å²) in [5.41, 5.74) is 7.30. The maximum atomic E-state index is 13.7. The molecule has 6 rings (SSSR count). The van der Waals surface area contributed by atoms with Gasteiger partial charge in [-0.05, 0) is 63.0 Å². The fourth-order valence-electron chi connectivity index (χ4n) is 5.76. The number of rotatable bonds is 6. The zero-order chi connectivity index (χ0) is 26.4. The molecular weight excluding hydrogens is 506 g/mol. The van der Waals surface area contributed by atoms with E-state index in [2.05, 4.69) is 15.1 Å². The molecule has 3 aliphatic rings. The van der Waals surface area contributed by atoms with E-state index in [0.29, 0.717) is 65.6 Å². The zero-order valence-electron chi connectivity index (χ0n) is 21.0. The molecule has 0 spiro atoms. The van der Waals surface area contributed by atoms with Crippen LogP contribution in [-0.2, 0) is 4.79 Å². The minimum absolute atomic E-state index is 0.0716. The van der Waals surface area contributed by atoms with E-state index in [1.807, 2.05) is 16.7 Å². The molecule has 1 aromatic heterocycles. The summed E-state index contributed by atoms with van der Waals surface area (Å²) in [5.74, 6) is 0.287. The molecule has 3 aromatic rings. The Labute approximate surface area is 225 Å². The highest BCUT2D eigenvalue weighted by molar-refractivity contribution is 6.30. The lowest BCUT2D eigenvalue weighted by Gasteiger charge is -2.33. The van der Waals surface area contributed by atoms with Crippen molar-refractivity contribution >= 4 is 40.0 Å². The van der Waals surface area contributed by atoms with Gasteiger partial charge in [-0.25, -0.2) is 0 Å². The van der Waals surface area contributed by atoms with E-state index in [1.165, 1.54) is 12.8 Å². The SMILES string of the molecule is NC(=O)C1CCN(c2cc3c4c(c2)c(=O)c(C(=O)NCCN2CCCC2)cn4-c2cc(Cl)ccc2O3)CC1. The number of primary amides is 1. The fourth-order valence-corrected chi connectivity index (χ4v) is 5.93. The summed E-state index contributed by atoms with van der Waals surface area (Å²) < 4.78 is 8.08. The maximum Gasteiger partial charge on any atom is 0.256 e. The van der Waals surface area contributed by atoms with Crippen molar-refractivity contribution in [3.63, 3.8) is 0 Å². The van der Waals surface area contributed by atoms with Gasteiger partial charge in [0.2, 0.25) is 11.3 Å². The van der Waals surface area contributed by atoms with Gasteiger partial charge in [0, 0.05) is 55.1 Å². The quantitative estimate of drug-likeness (QED) is 0.392. The summed E-state index contributed by atoms with van der Waals surface area (Å²) in [6.45, 7) is 4.58. The minimum atomic E-state index is -0.399. The van der Waals surface area contributed by atoms with Crippen LogP contribution in [0.3, 0.4) is 0 Å². The fraction of sp³-hybridized carbons (Fsp3) is 0.393. The number of benzene rings is 2. The highest BCUT2D eigenvalue weighted by atomic mass is 35.5. The highest BCUT2D eigenvalue weighted by Crippen LogP contribution is 2.43. The van der Waals surface area contributed by atoms with Gasteiger partial charge in [0.25, 0.3) is 5.91 Å². The Morgan fingerprint density at radius 2 is 1.82 bits per heavy atom. The number of carbonyl (C=O) groups excluding carboxylic acids is 2. The first-order valence-corrected chi connectivity index (χ1v) is 13.5. The number of nitrogens with one attached hydrogen (secondary N) is 1. The lowest BCUT2D eigenvalue weighted by molar-refractivity contribution is -0.122. The molecule has 10 heteroatoms. The third-order valence-corrected chi connectivity index (χ3v) is 8.10. The monoisotopic (exact) mass is 535 g/mol. The molecule has 0 atom stereocenters. The molecular formula is C28H30ClN5O4. The van der Waals surface area contributed by atoms with E-state index in [-0.39, 0.29) is 22.8 Å². The van der Waals surface area contributed by atoms with Crippen molar-refractivity contribution < 1.29 is 14.3 Å². The van der Waals surface area contributed by atoms with Gasteiger partial charge in [-0.1, -0.05) is 11.6 Å². The Hall–Kier alpha value is -3.56. The molecule has 2 fully saturated rings. The molecule has 2 aromatic carbocycles. The predicted octanol–water partition coefficient (Wildman–Crippen LogP) is 3.28. The van der Waals surface area contributed by atoms with Gasteiger partial charge in [0.1, 0.15) is 11.1 Å². The number of amides is 2. The number of halogens is 1. The highest BCUT2D eigenvalue weighted by Gasteiger charge is 2.28. The first kappa shape index (κ1) is 24.8. The Bertz CT molecular complexity index is 1490. The third kappa shape index (κ3) is 4.50. The Morgan fingerprint density at radius 3 is 2.55 bits per heavy atom. The number of likely N-dealkylation sites (tertiary alicyclic amines) is 1. The van der Waals surface area contributed by atoms with Crippen LogP contribution in [0.15, 0.2) is 41.3 Å². The average Bonchev–Trinajstić information content (AvgIpc) is 3.43. The van der Waals surface area contributed by atoms with Crippen LogP contribution >= 0.6 is 11.6 Å². The van der Waals surface area contributed by atoms with E-state index in [9.17, 15) is 14.4 Å². The van der Waals surface area contributed by atoms with Crippen molar-refractivity contribution in [2.45, 2.75) is 25.7 Å². The van der Waals surface area contributed by atoms with E-state index < -0.39 is 5.91 Å². The minimum Gasteiger partial charge on any atom is -0.453 e. The van der Waals surface area contributed by atoms with Crippen LogP contribution in [0.2, 0.25) is 5.02 Å². The van der Waals surface area contributed by atoms with Gasteiger partial charge >= 0.3 is 0 Å². The van der Waals surface area contributed by atoms with Crippen molar-refractivity contribution in [3.8, 4) is 17.2 Å². The number of ether oxygens (including phenoxy) is 1. The van der Waals surface area contributed by atoms with Crippen LogP contribution in [-0.4, -0.2) is 60.5 Å². The van der Waals surface area contributed by atoms with E-state index >= 15 is 0 Å². The lowest BCUT2D eigenvalue weighted by Crippen LogP contribution is -2.38. The van der Waals surface area contributed by atoms with Crippen LogP contribution in [0.4, 0.5) is 5.69 Å². The summed E-state index contributed by atoms with van der Waals surface area (Å²) in [6, 6.07) is 9.03. The second-order valence-electron chi connectivity index (χ2n) is 10.3. The van der Waals surface area contributed by atoms with Crippen LogP contribution in [0.1, 0.15) is 36.0 Å². The van der Waals surface area contributed by atoms with Crippen molar-refractivity contribution in [3.05, 3.63) is 57.3 Å². The second kappa shape index (κ2) is 9.96. The molecule has 3 N–H and O–H groups in total. The molecule has 0 unspecified atom stereocenters. The second-order valence-corrected chi connectivity index (χ2v) is 10.7. The Balaban J connectivity index is 1.41. The first-order chi connectivity index (χ1) is 18.4. The molecule has 4 heterocycles. The molecule has 0 bridgehead atoms. The number of piperidine rings is 1. The number of hydrogen-bond acceptors (Lipinski definition) is 6. The third-order valence-electron chi connectivity index (χ3n) is 7.87. The van der Waals surface area contributed by atoms with Crippen molar-refractivity contribution in [2.75, 3.05) is 44.2 Å². The summed E-state index contributed by atoms with van der Waals surface area (Å²) in [4.78, 5) is 43.1. The Morgan fingerprint density at radius 1 is 1.05 bits per heavy atom. The normalized spacial score (nSPS) is 17.3. The number of pyridine rings is 1. The molecule has 198 valence electrons. The summed E-state index contributed by atoms with van der Waals surface area (Å²) in [5, 5.41) is 3.86. The largest absolute Gasteiger partial charge is 0.453 e. The van der Waals surface area contributed by atoms with Crippen LogP contribution < -0.4 is 26.1 Å². The Kier molecular flexibility index (Phi) is 6.49. The smallest absolute Gasteiger partial charge is 0.256 e. The summed E-state index contributed by atoms with van der Waals surface area (Å²) >= 11 is 6.31. The predicted molar refractivity (Wildman–Crippen MR) is 147 cm³/mol. The molecule has 2 amide bonds. The van der Waals surface area contributed by atoms with E-state index in [0.717, 1.165) is 25.3 Å². The van der Waals surface area contributed by atoms with Crippen molar-refractivity contribution in [1.82, 2.24) is 14.8 Å². The maximum absolute atomic E-state index is 13.7. The molecule has 2 saturated heterocycles. The molecule has 9 nitrogen and oxygen atoms in total. The number of nitrogens with two attached hydrogens (primary N) is 1. The van der Waals surface area contributed by atoms with Crippen molar-refractivity contribution in [1.29, 1.82) is 0 Å². The van der Waals surface area contributed by atoms with Gasteiger partial charge in [0.05, 0.1) is 11.1 Å². The van der Waals surface area contributed by atoms with Gasteiger partial charge in [-0.2, -0.15) is 0 Å². The number of aromatic nitrogens is 1. The van der Waals surface area contributed by atoms with Crippen LogP contribution in [0.25, 0.3) is 16.6 Å². The topological polar surface area (TPSA) is 110 Å².